The van der Waals surface area contributed by atoms with E-state index in [1.165, 1.54) is 0 Å². The molecular formula is C10H17NO5. The van der Waals surface area contributed by atoms with Crippen LogP contribution in [0.1, 0.15) is 19.8 Å². The SMILES string of the molecule is CCCCNCC(O)C1OC(=O)C(O)=C1O. The zero-order valence-electron chi connectivity index (χ0n) is 9.14. The number of nitrogens with one attached hydrogen (secondary N) is 1. The Hall–Kier alpha value is -1.27. The van der Waals surface area contributed by atoms with Gasteiger partial charge in [-0.2, -0.15) is 0 Å². The number of hydrogen-bond acceptors (Lipinski definition) is 6. The summed E-state index contributed by atoms with van der Waals surface area (Å²) in [7, 11) is 0. The first-order valence-corrected chi connectivity index (χ1v) is 5.29. The molecule has 6 heteroatoms. The highest BCUT2D eigenvalue weighted by Crippen LogP contribution is 2.20. The Morgan fingerprint density at radius 3 is 2.69 bits per heavy atom. The number of carbonyl (C=O) groups is 1. The summed E-state index contributed by atoms with van der Waals surface area (Å²) >= 11 is 0. The molecule has 0 aromatic heterocycles. The summed E-state index contributed by atoms with van der Waals surface area (Å²) < 4.78 is 4.60. The van der Waals surface area contributed by atoms with Crippen molar-refractivity contribution < 1.29 is 24.9 Å². The van der Waals surface area contributed by atoms with Crippen LogP contribution in [0.15, 0.2) is 11.5 Å². The maximum absolute atomic E-state index is 10.9. The minimum atomic E-state index is -1.17. The summed E-state index contributed by atoms with van der Waals surface area (Å²) in [5, 5.41) is 30.9. The predicted octanol–water partition coefficient (Wildman–Crippen LogP) is -0.0100. The van der Waals surface area contributed by atoms with Gasteiger partial charge in [0, 0.05) is 6.54 Å². The third kappa shape index (κ3) is 2.86. The quantitative estimate of drug-likeness (QED) is 0.379. The van der Waals surface area contributed by atoms with Crippen molar-refractivity contribution in [1.82, 2.24) is 5.32 Å². The second kappa shape index (κ2) is 5.72. The number of hydrogen-bond donors (Lipinski definition) is 4. The minimum Gasteiger partial charge on any atom is -0.505 e. The van der Waals surface area contributed by atoms with Crippen LogP contribution in [0.2, 0.25) is 0 Å². The molecule has 4 N–H and O–H groups in total. The molecule has 0 aliphatic carbocycles. The molecule has 0 saturated heterocycles. The third-order valence-electron chi connectivity index (χ3n) is 2.35. The van der Waals surface area contributed by atoms with Gasteiger partial charge in [0.05, 0.1) is 0 Å². The van der Waals surface area contributed by atoms with Gasteiger partial charge >= 0.3 is 5.97 Å². The number of rotatable bonds is 6. The lowest BCUT2D eigenvalue weighted by molar-refractivity contribution is -0.146. The highest BCUT2D eigenvalue weighted by atomic mass is 16.6. The van der Waals surface area contributed by atoms with Gasteiger partial charge in [0.1, 0.15) is 6.10 Å². The number of aliphatic hydroxyl groups is 3. The smallest absolute Gasteiger partial charge is 0.377 e. The van der Waals surface area contributed by atoms with Crippen molar-refractivity contribution in [3.8, 4) is 0 Å². The van der Waals surface area contributed by atoms with Gasteiger partial charge in [-0.25, -0.2) is 4.79 Å². The molecule has 92 valence electrons. The first kappa shape index (κ1) is 12.8. The van der Waals surface area contributed by atoms with Crippen LogP contribution in [0.5, 0.6) is 0 Å². The van der Waals surface area contributed by atoms with E-state index in [-0.39, 0.29) is 6.54 Å². The molecule has 0 saturated carbocycles. The second-order valence-corrected chi connectivity index (χ2v) is 3.68. The standard InChI is InChI=1S/C10H17NO5/c1-2-3-4-11-5-6(12)9-7(13)8(14)10(15)16-9/h6,9,11-14H,2-5H2,1H3. The minimum absolute atomic E-state index is 0.190. The van der Waals surface area contributed by atoms with E-state index in [1.807, 2.05) is 6.92 Å². The van der Waals surface area contributed by atoms with Gasteiger partial charge in [-0.3, -0.25) is 0 Å². The van der Waals surface area contributed by atoms with Crippen molar-refractivity contribution in [1.29, 1.82) is 0 Å². The Kier molecular flexibility index (Phi) is 4.57. The van der Waals surface area contributed by atoms with Crippen LogP contribution >= 0.6 is 0 Å². The molecule has 16 heavy (non-hydrogen) atoms. The third-order valence-corrected chi connectivity index (χ3v) is 2.35. The molecular weight excluding hydrogens is 214 g/mol. The van der Waals surface area contributed by atoms with E-state index in [0.717, 1.165) is 19.4 Å². The molecule has 0 radical (unpaired) electrons. The first-order chi connectivity index (χ1) is 7.57. The van der Waals surface area contributed by atoms with Gasteiger partial charge in [-0.05, 0) is 13.0 Å². The number of esters is 1. The van der Waals surface area contributed by atoms with Gasteiger partial charge in [0.2, 0.25) is 5.76 Å². The van der Waals surface area contributed by atoms with Crippen LogP contribution in [0.3, 0.4) is 0 Å². The van der Waals surface area contributed by atoms with Gasteiger partial charge in [0.25, 0.3) is 0 Å². The fraction of sp³-hybridized carbons (Fsp3) is 0.700. The summed E-state index contributed by atoms with van der Waals surface area (Å²) in [6.07, 6.45) is -0.218. The lowest BCUT2D eigenvalue weighted by Gasteiger charge is -2.17. The van der Waals surface area contributed by atoms with Crippen molar-refractivity contribution in [2.75, 3.05) is 13.1 Å². The van der Waals surface area contributed by atoms with Crippen LogP contribution in [0, 0.1) is 0 Å². The van der Waals surface area contributed by atoms with E-state index in [4.69, 9.17) is 5.11 Å². The summed E-state index contributed by atoms with van der Waals surface area (Å²) in [4.78, 5) is 10.9. The largest absolute Gasteiger partial charge is 0.505 e. The Balaban J connectivity index is 2.38. The average molecular weight is 231 g/mol. The molecule has 1 aliphatic heterocycles. The van der Waals surface area contributed by atoms with Crippen LogP contribution < -0.4 is 5.32 Å². The van der Waals surface area contributed by atoms with Crippen molar-refractivity contribution in [3.05, 3.63) is 11.5 Å². The van der Waals surface area contributed by atoms with Crippen molar-refractivity contribution in [2.45, 2.75) is 32.0 Å². The molecule has 0 aromatic rings. The fourth-order valence-electron chi connectivity index (χ4n) is 1.39. The predicted molar refractivity (Wildman–Crippen MR) is 55.9 cm³/mol. The molecule has 6 nitrogen and oxygen atoms in total. The van der Waals surface area contributed by atoms with Gasteiger partial charge in [-0.1, -0.05) is 13.3 Å². The summed E-state index contributed by atoms with van der Waals surface area (Å²) in [6.45, 7) is 2.98. The lowest BCUT2D eigenvalue weighted by atomic mass is 10.1. The zero-order chi connectivity index (χ0) is 12.1. The maximum Gasteiger partial charge on any atom is 0.377 e. The average Bonchev–Trinajstić information content (AvgIpc) is 2.52. The summed E-state index contributed by atoms with van der Waals surface area (Å²) in [5.41, 5.74) is 0. The zero-order valence-corrected chi connectivity index (χ0v) is 9.14. The highest BCUT2D eigenvalue weighted by Gasteiger charge is 2.38. The molecule has 0 fully saturated rings. The van der Waals surface area contributed by atoms with Crippen LogP contribution in [-0.4, -0.2) is 46.6 Å². The molecule has 0 amide bonds. The Bertz CT molecular complexity index is 289. The van der Waals surface area contributed by atoms with Crippen LogP contribution in [-0.2, 0) is 9.53 Å². The van der Waals surface area contributed by atoms with Crippen molar-refractivity contribution in [3.63, 3.8) is 0 Å². The number of carbonyl (C=O) groups excluding carboxylic acids is 1. The summed E-state index contributed by atoms with van der Waals surface area (Å²) in [5.74, 6) is -2.43. The van der Waals surface area contributed by atoms with Crippen LogP contribution in [0.25, 0.3) is 0 Å². The molecule has 0 spiro atoms. The van der Waals surface area contributed by atoms with Gasteiger partial charge < -0.3 is 25.4 Å². The lowest BCUT2D eigenvalue weighted by Crippen LogP contribution is -2.38. The number of ether oxygens (including phenoxy) is 1. The van der Waals surface area contributed by atoms with E-state index in [0.29, 0.717) is 0 Å². The number of aliphatic hydroxyl groups excluding tert-OH is 3. The highest BCUT2D eigenvalue weighted by molar-refractivity contribution is 5.89. The first-order valence-electron chi connectivity index (χ1n) is 5.29. The van der Waals surface area contributed by atoms with E-state index >= 15 is 0 Å². The van der Waals surface area contributed by atoms with E-state index in [9.17, 15) is 15.0 Å². The van der Waals surface area contributed by atoms with Gasteiger partial charge in [-0.15, -0.1) is 0 Å². The van der Waals surface area contributed by atoms with E-state index < -0.39 is 29.7 Å². The Morgan fingerprint density at radius 1 is 1.50 bits per heavy atom. The molecule has 2 unspecified atom stereocenters. The monoisotopic (exact) mass is 231 g/mol. The Morgan fingerprint density at radius 2 is 2.19 bits per heavy atom. The second-order valence-electron chi connectivity index (χ2n) is 3.68. The topological polar surface area (TPSA) is 99.0 Å². The number of cyclic esters (lactones) is 1. The molecule has 0 bridgehead atoms. The van der Waals surface area contributed by atoms with Crippen molar-refractivity contribution >= 4 is 5.97 Å². The Labute approximate surface area is 93.5 Å². The molecule has 0 aromatic carbocycles. The number of unbranched alkanes of at least 4 members (excludes halogenated alkanes) is 1. The molecule has 2 atom stereocenters. The maximum atomic E-state index is 10.9. The van der Waals surface area contributed by atoms with E-state index in [2.05, 4.69) is 10.1 Å². The fourth-order valence-corrected chi connectivity index (χ4v) is 1.39. The normalized spacial score (nSPS) is 22.4. The summed E-state index contributed by atoms with van der Waals surface area (Å²) in [6, 6.07) is 0. The molecule has 1 rings (SSSR count). The molecule has 1 heterocycles. The van der Waals surface area contributed by atoms with Crippen LogP contribution in [0.4, 0.5) is 0 Å². The van der Waals surface area contributed by atoms with Gasteiger partial charge in [0.15, 0.2) is 11.9 Å². The van der Waals surface area contributed by atoms with Crippen molar-refractivity contribution in [2.24, 2.45) is 0 Å². The van der Waals surface area contributed by atoms with E-state index in [1.54, 1.807) is 0 Å². The molecule has 1 aliphatic rings.